The predicted octanol–water partition coefficient (Wildman–Crippen LogP) is 1.81. The fraction of sp³-hybridized carbons (Fsp3) is 0.231. The molecule has 20 heavy (non-hydrogen) atoms. The first kappa shape index (κ1) is 13.7. The van der Waals surface area contributed by atoms with E-state index in [1.54, 1.807) is 24.3 Å². The molecule has 0 aliphatic heterocycles. The van der Waals surface area contributed by atoms with Crippen molar-refractivity contribution in [3.05, 3.63) is 36.4 Å². The molecule has 0 fully saturated rings. The Labute approximate surface area is 116 Å². The van der Waals surface area contributed by atoms with E-state index in [0.29, 0.717) is 11.3 Å². The van der Waals surface area contributed by atoms with Gasteiger partial charge in [-0.2, -0.15) is 0 Å². The maximum atomic E-state index is 12.0. The summed E-state index contributed by atoms with van der Waals surface area (Å²) in [5.74, 6) is 0.420. The molecular formula is C13H15N5O2. The van der Waals surface area contributed by atoms with Crippen LogP contribution >= 0.6 is 0 Å². The van der Waals surface area contributed by atoms with Crippen molar-refractivity contribution in [1.82, 2.24) is 20.2 Å². The number of rotatable bonds is 5. The van der Waals surface area contributed by atoms with Crippen molar-refractivity contribution in [2.75, 3.05) is 5.32 Å². The molecule has 0 aliphatic carbocycles. The second-order valence-corrected chi connectivity index (χ2v) is 4.26. The summed E-state index contributed by atoms with van der Waals surface area (Å²) in [7, 11) is 0. The molecule has 2 rings (SSSR count). The van der Waals surface area contributed by atoms with Crippen LogP contribution in [-0.2, 0) is 0 Å². The molecule has 1 heterocycles. The standard InChI is InChI=1S/C13H15N5O2/c1-4-18-16-13(15-17-18)14-12(19)10-6-5-7-11(8-10)20-9(2)3/h4-9H,1H2,2-3H3,(H,14,16,19). The lowest BCUT2D eigenvalue weighted by Crippen LogP contribution is -2.14. The third kappa shape index (κ3) is 3.41. The fourth-order valence-electron chi connectivity index (χ4n) is 1.51. The zero-order valence-corrected chi connectivity index (χ0v) is 11.3. The molecule has 1 N–H and O–H groups in total. The van der Waals surface area contributed by atoms with Gasteiger partial charge in [-0.1, -0.05) is 17.7 Å². The second-order valence-electron chi connectivity index (χ2n) is 4.26. The van der Waals surface area contributed by atoms with E-state index in [1.807, 2.05) is 13.8 Å². The SMILES string of the molecule is C=Cn1nnc(NC(=O)c2cccc(OC(C)C)c2)n1. The topological polar surface area (TPSA) is 81.9 Å². The highest BCUT2D eigenvalue weighted by atomic mass is 16.5. The number of nitrogens with zero attached hydrogens (tertiary/aromatic N) is 4. The molecule has 0 radical (unpaired) electrons. The molecule has 104 valence electrons. The normalized spacial score (nSPS) is 10.3. The maximum absolute atomic E-state index is 12.0. The summed E-state index contributed by atoms with van der Waals surface area (Å²) >= 11 is 0. The number of carbonyl (C=O) groups is 1. The fourth-order valence-corrected chi connectivity index (χ4v) is 1.51. The van der Waals surface area contributed by atoms with Crippen LogP contribution in [0.5, 0.6) is 5.75 Å². The summed E-state index contributed by atoms with van der Waals surface area (Å²) in [6.45, 7) is 7.33. The van der Waals surface area contributed by atoms with Crippen molar-refractivity contribution in [2.24, 2.45) is 0 Å². The van der Waals surface area contributed by atoms with E-state index >= 15 is 0 Å². The summed E-state index contributed by atoms with van der Waals surface area (Å²) in [5.41, 5.74) is 0.457. The van der Waals surface area contributed by atoms with Gasteiger partial charge in [-0.3, -0.25) is 10.1 Å². The van der Waals surface area contributed by atoms with Crippen LogP contribution in [0.2, 0.25) is 0 Å². The van der Waals surface area contributed by atoms with Crippen LogP contribution < -0.4 is 10.1 Å². The van der Waals surface area contributed by atoms with E-state index in [-0.39, 0.29) is 18.0 Å². The lowest BCUT2D eigenvalue weighted by Gasteiger charge is -2.10. The number of benzene rings is 1. The molecule has 0 atom stereocenters. The maximum Gasteiger partial charge on any atom is 0.270 e. The van der Waals surface area contributed by atoms with Crippen molar-refractivity contribution in [3.8, 4) is 5.75 Å². The van der Waals surface area contributed by atoms with Crippen molar-refractivity contribution in [2.45, 2.75) is 20.0 Å². The van der Waals surface area contributed by atoms with Gasteiger partial charge in [-0.05, 0) is 37.3 Å². The molecule has 0 bridgehead atoms. The molecule has 7 heteroatoms. The Morgan fingerprint density at radius 3 is 2.95 bits per heavy atom. The predicted molar refractivity (Wildman–Crippen MR) is 74.4 cm³/mol. The number of carbonyl (C=O) groups excluding carboxylic acids is 1. The second kappa shape index (κ2) is 5.96. The average Bonchev–Trinajstić information content (AvgIpc) is 2.86. The Balaban J connectivity index is 2.10. The van der Waals surface area contributed by atoms with Crippen LogP contribution in [-0.4, -0.2) is 32.2 Å². The average molecular weight is 273 g/mol. The molecule has 1 aromatic carbocycles. The zero-order valence-electron chi connectivity index (χ0n) is 11.3. The number of nitrogens with one attached hydrogen (secondary N) is 1. The quantitative estimate of drug-likeness (QED) is 0.898. The summed E-state index contributed by atoms with van der Waals surface area (Å²) in [5, 5.41) is 13.8. The van der Waals surface area contributed by atoms with Crippen LogP contribution in [0, 0.1) is 0 Å². The van der Waals surface area contributed by atoms with Gasteiger partial charge in [0.2, 0.25) is 0 Å². The first-order chi connectivity index (χ1) is 9.58. The van der Waals surface area contributed by atoms with Crippen LogP contribution in [0.25, 0.3) is 6.20 Å². The number of hydrogen-bond acceptors (Lipinski definition) is 5. The van der Waals surface area contributed by atoms with E-state index in [2.05, 4.69) is 27.3 Å². The minimum absolute atomic E-state index is 0.0440. The molecule has 0 unspecified atom stereocenters. The first-order valence-electron chi connectivity index (χ1n) is 6.08. The number of amides is 1. The van der Waals surface area contributed by atoms with Gasteiger partial charge in [-0.25, -0.2) is 0 Å². The highest BCUT2D eigenvalue weighted by molar-refractivity contribution is 6.03. The van der Waals surface area contributed by atoms with Crippen molar-refractivity contribution in [1.29, 1.82) is 0 Å². The zero-order chi connectivity index (χ0) is 14.5. The van der Waals surface area contributed by atoms with Gasteiger partial charge in [0, 0.05) is 11.8 Å². The van der Waals surface area contributed by atoms with Gasteiger partial charge in [0.05, 0.1) is 6.10 Å². The van der Waals surface area contributed by atoms with Crippen molar-refractivity contribution >= 4 is 18.1 Å². The van der Waals surface area contributed by atoms with E-state index < -0.39 is 0 Å². The van der Waals surface area contributed by atoms with Crippen molar-refractivity contribution in [3.63, 3.8) is 0 Å². The molecule has 0 saturated carbocycles. The number of anilines is 1. The van der Waals surface area contributed by atoms with E-state index in [1.165, 1.54) is 6.20 Å². The molecule has 7 nitrogen and oxygen atoms in total. The van der Waals surface area contributed by atoms with E-state index in [4.69, 9.17) is 4.74 Å². The number of tetrazole rings is 1. The summed E-state index contributed by atoms with van der Waals surface area (Å²) < 4.78 is 5.54. The van der Waals surface area contributed by atoms with E-state index in [0.717, 1.165) is 4.80 Å². The summed E-state index contributed by atoms with van der Waals surface area (Å²) in [4.78, 5) is 13.2. The molecule has 0 spiro atoms. The van der Waals surface area contributed by atoms with Gasteiger partial charge >= 0.3 is 0 Å². The highest BCUT2D eigenvalue weighted by Crippen LogP contribution is 2.15. The minimum atomic E-state index is -0.331. The largest absolute Gasteiger partial charge is 0.491 e. The van der Waals surface area contributed by atoms with E-state index in [9.17, 15) is 4.79 Å². The number of hydrogen-bond donors (Lipinski definition) is 1. The molecule has 0 aliphatic rings. The van der Waals surface area contributed by atoms with Gasteiger partial charge in [-0.15, -0.1) is 9.90 Å². The summed E-state index contributed by atoms with van der Waals surface area (Å²) in [6.07, 6.45) is 1.42. The molecular weight excluding hydrogens is 258 g/mol. The van der Waals surface area contributed by atoms with Gasteiger partial charge in [0.25, 0.3) is 11.9 Å². The smallest absolute Gasteiger partial charge is 0.270 e. The molecule has 1 aromatic heterocycles. The Bertz CT molecular complexity index is 621. The monoisotopic (exact) mass is 273 g/mol. The molecule has 2 aromatic rings. The van der Waals surface area contributed by atoms with Crippen LogP contribution in [0.1, 0.15) is 24.2 Å². The number of ether oxygens (including phenoxy) is 1. The van der Waals surface area contributed by atoms with Gasteiger partial charge in [0.15, 0.2) is 0 Å². The van der Waals surface area contributed by atoms with Gasteiger partial charge < -0.3 is 4.74 Å². The first-order valence-corrected chi connectivity index (χ1v) is 6.08. The number of aromatic nitrogens is 4. The Morgan fingerprint density at radius 1 is 1.50 bits per heavy atom. The minimum Gasteiger partial charge on any atom is -0.491 e. The van der Waals surface area contributed by atoms with Crippen LogP contribution in [0.3, 0.4) is 0 Å². The van der Waals surface area contributed by atoms with Gasteiger partial charge in [0.1, 0.15) is 5.75 Å². The van der Waals surface area contributed by atoms with Crippen LogP contribution in [0.4, 0.5) is 5.95 Å². The van der Waals surface area contributed by atoms with Crippen LogP contribution in [0.15, 0.2) is 30.8 Å². The lowest BCUT2D eigenvalue weighted by molar-refractivity contribution is 0.102. The third-order valence-corrected chi connectivity index (χ3v) is 2.28. The Morgan fingerprint density at radius 2 is 2.30 bits per heavy atom. The molecule has 1 amide bonds. The Hall–Kier alpha value is -2.70. The summed E-state index contributed by atoms with van der Waals surface area (Å²) in [6, 6.07) is 6.89. The molecule has 0 saturated heterocycles. The van der Waals surface area contributed by atoms with Crippen molar-refractivity contribution < 1.29 is 9.53 Å². The Kier molecular flexibility index (Phi) is 4.09. The third-order valence-electron chi connectivity index (χ3n) is 2.28. The highest BCUT2D eigenvalue weighted by Gasteiger charge is 2.10. The lowest BCUT2D eigenvalue weighted by atomic mass is 10.2.